The van der Waals surface area contributed by atoms with Crippen molar-refractivity contribution in [3.05, 3.63) is 35.9 Å². The number of carbonyl (C=O) groups is 3. The van der Waals surface area contributed by atoms with Crippen LogP contribution in [0.1, 0.15) is 71.3 Å². The van der Waals surface area contributed by atoms with Gasteiger partial charge in [0.15, 0.2) is 0 Å². The molecule has 4 aliphatic rings. The highest BCUT2D eigenvalue weighted by Gasteiger charge is 2.77. The molecular formula is C29H41N3O4S. The van der Waals surface area contributed by atoms with Crippen LogP contribution in [0.2, 0.25) is 0 Å². The van der Waals surface area contributed by atoms with Crippen molar-refractivity contribution in [1.82, 2.24) is 15.5 Å². The Kier molecular flexibility index (Phi) is 7.35. The number of nitrogens with one attached hydrogen (secondary N) is 2. The van der Waals surface area contributed by atoms with Crippen LogP contribution in [0.4, 0.5) is 0 Å². The number of aliphatic hydroxyl groups excluding tert-OH is 1. The molecule has 8 heteroatoms. The van der Waals surface area contributed by atoms with E-state index in [4.69, 9.17) is 0 Å². The number of aliphatic hydroxyl groups is 1. The van der Waals surface area contributed by atoms with Crippen molar-refractivity contribution >= 4 is 29.5 Å². The first-order valence-corrected chi connectivity index (χ1v) is 14.8. The van der Waals surface area contributed by atoms with Gasteiger partial charge in [-0.05, 0) is 44.1 Å². The van der Waals surface area contributed by atoms with Crippen LogP contribution in [0.25, 0.3) is 0 Å². The molecule has 37 heavy (non-hydrogen) atoms. The summed E-state index contributed by atoms with van der Waals surface area (Å²) in [5.41, 5.74) is 1.01. The van der Waals surface area contributed by atoms with Crippen LogP contribution >= 0.6 is 11.8 Å². The Morgan fingerprint density at radius 3 is 2.46 bits per heavy atom. The summed E-state index contributed by atoms with van der Waals surface area (Å²) in [6.07, 6.45) is 6.85. The number of likely N-dealkylation sites (tertiary alicyclic amines) is 1. The third-order valence-corrected chi connectivity index (χ3v) is 11.3. The Morgan fingerprint density at radius 1 is 1.11 bits per heavy atom. The van der Waals surface area contributed by atoms with Crippen LogP contribution < -0.4 is 10.6 Å². The number of hydrogen-bond donors (Lipinski definition) is 3. The number of carbonyl (C=O) groups excluding carboxylic acids is 3. The van der Waals surface area contributed by atoms with Gasteiger partial charge >= 0.3 is 0 Å². The number of hydrogen-bond acceptors (Lipinski definition) is 5. The molecule has 0 aromatic heterocycles. The van der Waals surface area contributed by atoms with Crippen molar-refractivity contribution in [2.24, 2.45) is 17.8 Å². The van der Waals surface area contributed by atoms with Gasteiger partial charge in [0.2, 0.25) is 17.7 Å². The van der Waals surface area contributed by atoms with E-state index in [-0.39, 0.29) is 36.3 Å². The monoisotopic (exact) mass is 527 g/mol. The minimum absolute atomic E-state index is 0.0164. The predicted molar refractivity (Wildman–Crippen MR) is 145 cm³/mol. The lowest BCUT2D eigenvalue weighted by Crippen LogP contribution is -2.59. The van der Waals surface area contributed by atoms with Crippen molar-refractivity contribution in [3.8, 4) is 0 Å². The normalized spacial score (nSPS) is 34.0. The van der Waals surface area contributed by atoms with E-state index in [1.165, 1.54) is 6.42 Å². The smallest absolute Gasteiger partial charge is 0.244 e. The molecule has 3 N–H and O–H groups in total. The van der Waals surface area contributed by atoms with E-state index in [9.17, 15) is 19.5 Å². The molecule has 4 fully saturated rings. The molecule has 1 aromatic carbocycles. The number of nitrogens with zero attached hydrogens (tertiary/aromatic N) is 1. The standard InChI is InChI=1S/C29H41N3O4S/c1-18(2)21(17-33)32-24(26(35)31-20-12-8-5-9-13-20)29-15-14-28(3,37-29)22(23(29)27(32)36)25(34)30-16-19-10-6-4-7-11-19/h4,6-7,10-11,18,20-24,33H,5,8-9,12-17H2,1-3H3,(H,30,34)(H,31,35)/t21-,22+,23-,24?,28-,29?/m0/s1. The minimum Gasteiger partial charge on any atom is -0.394 e. The van der Waals surface area contributed by atoms with Crippen molar-refractivity contribution in [3.63, 3.8) is 0 Å². The number of fused-ring (bicyclic) bond motifs is 1. The lowest BCUT2D eigenvalue weighted by molar-refractivity contribution is -0.144. The molecule has 3 amide bonds. The third kappa shape index (κ3) is 4.48. The Labute approximate surface area is 224 Å². The maximum absolute atomic E-state index is 14.3. The van der Waals surface area contributed by atoms with Crippen LogP contribution in [-0.4, -0.2) is 62.0 Å². The molecule has 2 unspecified atom stereocenters. The number of amides is 3. The van der Waals surface area contributed by atoms with Crippen LogP contribution in [0, 0.1) is 17.8 Å². The van der Waals surface area contributed by atoms with Gasteiger partial charge in [-0.15, -0.1) is 11.8 Å². The van der Waals surface area contributed by atoms with E-state index < -0.39 is 33.4 Å². The Hall–Kier alpha value is -2.06. The molecule has 3 saturated heterocycles. The molecule has 1 aromatic rings. The molecule has 7 nitrogen and oxygen atoms in total. The fraction of sp³-hybridized carbons (Fsp3) is 0.690. The van der Waals surface area contributed by atoms with E-state index in [2.05, 4.69) is 17.6 Å². The highest BCUT2D eigenvalue weighted by molar-refractivity contribution is 8.02. The van der Waals surface area contributed by atoms with Gasteiger partial charge in [-0.1, -0.05) is 63.4 Å². The summed E-state index contributed by atoms with van der Waals surface area (Å²) < 4.78 is -1.05. The zero-order chi connectivity index (χ0) is 26.4. The molecule has 2 bridgehead atoms. The van der Waals surface area contributed by atoms with Gasteiger partial charge in [0.05, 0.1) is 29.2 Å². The molecule has 0 radical (unpaired) electrons. The SMILES string of the molecule is CC(C)[C@H](CO)N1C(=O)[C@@H]2[C@H](C(=O)NCc3ccccc3)[C@]3(C)CCC2(S3)C1C(=O)NC1CCCCC1. The number of benzene rings is 1. The second-order valence-corrected chi connectivity index (χ2v) is 13.9. The maximum Gasteiger partial charge on any atom is 0.244 e. The van der Waals surface area contributed by atoms with Gasteiger partial charge in [0.1, 0.15) is 6.04 Å². The van der Waals surface area contributed by atoms with Crippen molar-refractivity contribution in [2.75, 3.05) is 6.61 Å². The molecule has 5 rings (SSSR count). The van der Waals surface area contributed by atoms with Gasteiger partial charge < -0.3 is 20.6 Å². The highest BCUT2D eigenvalue weighted by atomic mass is 32.2. The Morgan fingerprint density at radius 2 is 1.81 bits per heavy atom. The summed E-state index contributed by atoms with van der Waals surface area (Å²) in [5, 5.41) is 16.7. The lowest BCUT2D eigenvalue weighted by Gasteiger charge is -2.39. The fourth-order valence-electron chi connectivity index (χ4n) is 7.46. The summed E-state index contributed by atoms with van der Waals surface area (Å²) in [6, 6.07) is 8.77. The van der Waals surface area contributed by atoms with E-state index in [0.717, 1.165) is 44.1 Å². The molecule has 1 spiro atoms. The van der Waals surface area contributed by atoms with Crippen LogP contribution in [-0.2, 0) is 20.9 Å². The number of rotatable bonds is 8. The first-order chi connectivity index (χ1) is 17.7. The zero-order valence-corrected chi connectivity index (χ0v) is 23.1. The Balaban J connectivity index is 1.47. The molecule has 1 aliphatic carbocycles. The van der Waals surface area contributed by atoms with Crippen LogP contribution in [0.3, 0.4) is 0 Å². The first-order valence-electron chi connectivity index (χ1n) is 14.0. The predicted octanol–water partition coefficient (Wildman–Crippen LogP) is 3.25. The van der Waals surface area contributed by atoms with Gasteiger partial charge in [0.25, 0.3) is 0 Å². The lowest BCUT2D eigenvalue weighted by atomic mass is 9.66. The summed E-state index contributed by atoms with van der Waals surface area (Å²) >= 11 is 1.69. The molecule has 6 atom stereocenters. The van der Waals surface area contributed by atoms with Gasteiger partial charge in [-0.2, -0.15) is 0 Å². The zero-order valence-electron chi connectivity index (χ0n) is 22.2. The second kappa shape index (κ2) is 10.3. The van der Waals surface area contributed by atoms with E-state index in [1.54, 1.807) is 16.7 Å². The Bertz CT molecular complexity index is 1030. The summed E-state index contributed by atoms with van der Waals surface area (Å²) in [4.78, 5) is 43.7. The van der Waals surface area contributed by atoms with Crippen molar-refractivity contribution in [2.45, 2.75) is 99.9 Å². The maximum atomic E-state index is 14.3. The van der Waals surface area contributed by atoms with Gasteiger partial charge in [-0.25, -0.2) is 0 Å². The summed E-state index contributed by atoms with van der Waals surface area (Å²) in [6.45, 7) is 6.26. The largest absolute Gasteiger partial charge is 0.394 e. The third-order valence-electron chi connectivity index (χ3n) is 9.32. The molecule has 1 saturated carbocycles. The average Bonchev–Trinajstić information content (AvgIpc) is 3.45. The van der Waals surface area contributed by atoms with Crippen molar-refractivity contribution < 1.29 is 19.5 Å². The summed E-state index contributed by atoms with van der Waals surface area (Å²) in [5.74, 6) is -1.46. The highest BCUT2D eigenvalue weighted by Crippen LogP contribution is 2.71. The van der Waals surface area contributed by atoms with Gasteiger partial charge in [-0.3, -0.25) is 14.4 Å². The van der Waals surface area contributed by atoms with Crippen LogP contribution in [0.5, 0.6) is 0 Å². The molecule has 3 heterocycles. The fourth-order valence-corrected chi connectivity index (χ4v) is 9.81. The molecule has 202 valence electrons. The van der Waals surface area contributed by atoms with E-state index in [1.807, 2.05) is 44.2 Å². The molecule has 3 aliphatic heterocycles. The van der Waals surface area contributed by atoms with E-state index >= 15 is 0 Å². The van der Waals surface area contributed by atoms with Gasteiger partial charge in [0, 0.05) is 17.3 Å². The number of thioether (sulfide) groups is 1. The average molecular weight is 528 g/mol. The quantitative estimate of drug-likeness (QED) is 0.482. The molecular weight excluding hydrogens is 486 g/mol. The first kappa shape index (κ1) is 26.5. The topological polar surface area (TPSA) is 98.7 Å². The summed E-state index contributed by atoms with van der Waals surface area (Å²) in [7, 11) is 0. The second-order valence-electron chi connectivity index (χ2n) is 12.0. The van der Waals surface area contributed by atoms with Crippen molar-refractivity contribution in [1.29, 1.82) is 0 Å². The minimum atomic E-state index is -0.676. The van der Waals surface area contributed by atoms with E-state index in [0.29, 0.717) is 6.54 Å². The van der Waals surface area contributed by atoms with Crippen LogP contribution in [0.15, 0.2) is 30.3 Å².